The van der Waals surface area contributed by atoms with Gasteiger partial charge in [0.25, 0.3) is 0 Å². The summed E-state index contributed by atoms with van der Waals surface area (Å²) < 4.78 is 14.8. The molecule has 1 N–H and O–H groups in total. The summed E-state index contributed by atoms with van der Waals surface area (Å²) >= 11 is 0. The molecule has 2 aromatic rings. The zero-order valence-electron chi connectivity index (χ0n) is 10.3. The maximum Gasteiger partial charge on any atom is 0.123 e. The van der Waals surface area contributed by atoms with Gasteiger partial charge in [-0.25, -0.2) is 4.39 Å². The molecule has 0 spiro atoms. The summed E-state index contributed by atoms with van der Waals surface area (Å²) in [5.41, 5.74) is 2.09. The van der Waals surface area contributed by atoms with Crippen LogP contribution < -0.4 is 5.32 Å². The number of nitrogens with zero attached hydrogens (tertiary/aromatic N) is 2. The third-order valence-corrected chi connectivity index (χ3v) is 2.56. The third-order valence-electron chi connectivity index (χ3n) is 2.56. The Bertz CT molecular complexity index is 485. The third kappa shape index (κ3) is 4.13. The van der Waals surface area contributed by atoms with E-state index >= 15 is 0 Å². The van der Waals surface area contributed by atoms with E-state index in [0.29, 0.717) is 6.54 Å². The molecule has 0 aliphatic rings. The van der Waals surface area contributed by atoms with Crippen molar-refractivity contribution in [2.24, 2.45) is 0 Å². The average molecular weight is 270 g/mol. The van der Waals surface area contributed by atoms with E-state index in [1.54, 1.807) is 12.1 Å². The highest BCUT2D eigenvalue weighted by molar-refractivity contribution is 5.85. The van der Waals surface area contributed by atoms with E-state index in [1.807, 2.05) is 23.1 Å². The van der Waals surface area contributed by atoms with Crippen molar-refractivity contribution in [2.45, 2.75) is 26.6 Å². The van der Waals surface area contributed by atoms with E-state index in [0.717, 1.165) is 24.2 Å². The Hall–Kier alpha value is -1.39. The molecule has 0 amide bonds. The van der Waals surface area contributed by atoms with Crippen LogP contribution in [0.25, 0.3) is 0 Å². The van der Waals surface area contributed by atoms with Crippen LogP contribution in [0.3, 0.4) is 0 Å². The van der Waals surface area contributed by atoms with Gasteiger partial charge in [0.05, 0.1) is 6.20 Å². The highest BCUT2D eigenvalue weighted by atomic mass is 35.5. The average Bonchev–Trinajstić information content (AvgIpc) is 2.77. The summed E-state index contributed by atoms with van der Waals surface area (Å²) in [7, 11) is 0. The molecule has 0 atom stereocenters. The molecule has 1 aromatic heterocycles. The summed E-state index contributed by atoms with van der Waals surface area (Å²) in [4.78, 5) is 0. The molecule has 18 heavy (non-hydrogen) atoms. The van der Waals surface area contributed by atoms with Gasteiger partial charge in [0.15, 0.2) is 0 Å². The quantitative estimate of drug-likeness (QED) is 0.905. The summed E-state index contributed by atoms with van der Waals surface area (Å²) in [6.45, 7) is 4.34. The van der Waals surface area contributed by atoms with Gasteiger partial charge >= 0.3 is 0 Å². The first-order chi connectivity index (χ1) is 8.28. The van der Waals surface area contributed by atoms with Gasteiger partial charge in [0.2, 0.25) is 0 Å². The maximum atomic E-state index is 12.9. The Kier molecular flexibility index (Phi) is 5.82. The van der Waals surface area contributed by atoms with Crippen molar-refractivity contribution in [2.75, 3.05) is 0 Å². The van der Waals surface area contributed by atoms with E-state index in [2.05, 4.69) is 17.3 Å². The minimum absolute atomic E-state index is 0. The van der Waals surface area contributed by atoms with Gasteiger partial charge in [-0.15, -0.1) is 12.4 Å². The molecule has 0 saturated carbocycles. The Labute approximate surface area is 112 Å². The lowest BCUT2D eigenvalue weighted by Crippen LogP contribution is -2.12. The lowest BCUT2D eigenvalue weighted by Gasteiger charge is -2.03. The van der Waals surface area contributed by atoms with Crippen LogP contribution in [0.5, 0.6) is 0 Å². The number of hydrogen-bond acceptors (Lipinski definition) is 2. The molecule has 0 aliphatic carbocycles. The highest BCUT2D eigenvalue weighted by Gasteiger charge is 1.98. The Balaban J connectivity index is 0.00000162. The Morgan fingerprint density at radius 1 is 1.28 bits per heavy atom. The van der Waals surface area contributed by atoms with Gasteiger partial charge in [-0.1, -0.05) is 12.1 Å². The van der Waals surface area contributed by atoms with Crippen molar-refractivity contribution >= 4 is 12.4 Å². The second-order valence-electron chi connectivity index (χ2n) is 3.94. The largest absolute Gasteiger partial charge is 0.309 e. The SMILES string of the molecule is CCn1cc(CNCc2cccc(F)c2)cn1.Cl. The standard InChI is InChI=1S/C13H16FN3.ClH/c1-2-17-10-12(9-16-17)8-15-7-11-4-3-5-13(14)6-11;/h3-6,9-10,15H,2,7-8H2,1H3;1H. The predicted octanol–water partition coefficient (Wildman–Crippen LogP) is 2.75. The van der Waals surface area contributed by atoms with Crippen molar-refractivity contribution in [3.8, 4) is 0 Å². The maximum absolute atomic E-state index is 12.9. The van der Waals surface area contributed by atoms with Crippen molar-refractivity contribution < 1.29 is 4.39 Å². The molecule has 0 aliphatic heterocycles. The van der Waals surface area contributed by atoms with Gasteiger partial charge in [-0.2, -0.15) is 5.10 Å². The molecule has 1 heterocycles. The zero-order valence-corrected chi connectivity index (χ0v) is 11.1. The first-order valence-corrected chi connectivity index (χ1v) is 5.74. The molecular formula is C13H17ClFN3. The van der Waals surface area contributed by atoms with Crippen LogP contribution in [0.1, 0.15) is 18.1 Å². The molecular weight excluding hydrogens is 253 g/mol. The molecule has 2 rings (SSSR count). The monoisotopic (exact) mass is 269 g/mol. The van der Waals surface area contributed by atoms with Crippen molar-refractivity contribution in [3.05, 3.63) is 53.6 Å². The smallest absolute Gasteiger partial charge is 0.123 e. The first-order valence-electron chi connectivity index (χ1n) is 5.74. The fraction of sp³-hybridized carbons (Fsp3) is 0.308. The Morgan fingerprint density at radius 2 is 2.06 bits per heavy atom. The first kappa shape index (κ1) is 14.7. The number of hydrogen-bond donors (Lipinski definition) is 1. The highest BCUT2D eigenvalue weighted by Crippen LogP contribution is 2.04. The number of benzene rings is 1. The van der Waals surface area contributed by atoms with Crippen LogP contribution >= 0.6 is 12.4 Å². The molecule has 0 radical (unpaired) electrons. The van der Waals surface area contributed by atoms with Gasteiger partial charge in [-0.05, 0) is 24.6 Å². The fourth-order valence-electron chi connectivity index (χ4n) is 1.67. The lowest BCUT2D eigenvalue weighted by atomic mass is 10.2. The van der Waals surface area contributed by atoms with Crippen molar-refractivity contribution in [3.63, 3.8) is 0 Å². The van der Waals surface area contributed by atoms with E-state index in [9.17, 15) is 4.39 Å². The Morgan fingerprint density at radius 3 is 2.72 bits per heavy atom. The van der Waals surface area contributed by atoms with Crippen LogP contribution in [0, 0.1) is 5.82 Å². The fourth-order valence-corrected chi connectivity index (χ4v) is 1.67. The number of rotatable bonds is 5. The van der Waals surface area contributed by atoms with Crippen LogP contribution in [0.15, 0.2) is 36.7 Å². The topological polar surface area (TPSA) is 29.9 Å². The predicted molar refractivity (Wildman–Crippen MR) is 72.1 cm³/mol. The molecule has 3 nitrogen and oxygen atoms in total. The number of nitrogens with one attached hydrogen (secondary N) is 1. The molecule has 5 heteroatoms. The van der Waals surface area contributed by atoms with E-state index in [-0.39, 0.29) is 18.2 Å². The number of aryl methyl sites for hydroxylation is 1. The summed E-state index contributed by atoms with van der Waals surface area (Å²) in [5, 5.41) is 7.45. The lowest BCUT2D eigenvalue weighted by molar-refractivity contribution is 0.620. The van der Waals surface area contributed by atoms with Crippen LogP contribution in [0.2, 0.25) is 0 Å². The number of halogens is 2. The van der Waals surface area contributed by atoms with Gasteiger partial charge < -0.3 is 5.32 Å². The van der Waals surface area contributed by atoms with Crippen LogP contribution in [0.4, 0.5) is 4.39 Å². The summed E-state index contributed by atoms with van der Waals surface area (Å²) in [6, 6.07) is 6.63. The van der Waals surface area contributed by atoms with Crippen molar-refractivity contribution in [1.29, 1.82) is 0 Å². The molecule has 0 bridgehead atoms. The minimum atomic E-state index is -0.192. The van der Waals surface area contributed by atoms with E-state index in [1.165, 1.54) is 6.07 Å². The van der Waals surface area contributed by atoms with Crippen LogP contribution in [-0.4, -0.2) is 9.78 Å². The molecule has 0 saturated heterocycles. The van der Waals surface area contributed by atoms with Gasteiger partial charge in [0.1, 0.15) is 5.82 Å². The summed E-state index contributed by atoms with van der Waals surface area (Å²) in [5.74, 6) is -0.192. The number of aromatic nitrogens is 2. The van der Waals surface area contributed by atoms with Crippen LogP contribution in [-0.2, 0) is 19.6 Å². The van der Waals surface area contributed by atoms with E-state index in [4.69, 9.17) is 0 Å². The van der Waals surface area contributed by atoms with Crippen molar-refractivity contribution in [1.82, 2.24) is 15.1 Å². The molecule has 0 fully saturated rings. The van der Waals surface area contributed by atoms with Gasteiger partial charge in [0, 0.05) is 31.4 Å². The van der Waals surface area contributed by atoms with Gasteiger partial charge in [-0.3, -0.25) is 4.68 Å². The minimum Gasteiger partial charge on any atom is -0.309 e. The molecule has 1 aromatic carbocycles. The second-order valence-corrected chi connectivity index (χ2v) is 3.94. The molecule has 0 unspecified atom stereocenters. The zero-order chi connectivity index (χ0) is 12.1. The normalized spacial score (nSPS) is 10.1. The molecule has 98 valence electrons. The summed E-state index contributed by atoms with van der Waals surface area (Å²) in [6.07, 6.45) is 3.86. The van der Waals surface area contributed by atoms with E-state index < -0.39 is 0 Å². The second kappa shape index (κ2) is 7.13.